The molecule has 1 saturated heterocycles. The maximum Gasteiger partial charge on any atom is 0.387 e. The number of nitrogens with two attached hydrogens (primary N) is 1. The fourth-order valence-corrected chi connectivity index (χ4v) is 1.98. The van der Waals surface area contributed by atoms with Gasteiger partial charge in [0.25, 0.3) is 5.91 Å². The molecule has 1 aromatic rings. The van der Waals surface area contributed by atoms with Gasteiger partial charge in [-0.05, 0) is 31.0 Å². The smallest absolute Gasteiger partial charge is 0.387 e. The Kier molecular flexibility index (Phi) is 4.73. The number of anilines is 1. The molecule has 1 aliphatic rings. The lowest BCUT2D eigenvalue weighted by molar-refractivity contribution is -0.0493. The van der Waals surface area contributed by atoms with Gasteiger partial charge in [0, 0.05) is 24.8 Å². The SMILES string of the molecule is Nc1ccc(C(=O)NC2CCOCC2)cc1OC(F)F. The first-order valence-corrected chi connectivity index (χ1v) is 6.29. The highest BCUT2D eigenvalue weighted by Gasteiger charge is 2.18. The van der Waals surface area contributed by atoms with E-state index in [2.05, 4.69) is 10.1 Å². The molecular formula is C13H16F2N2O3. The number of nitrogens with one attached hydrogen (secondary N) is 1. The van der Waals surface area contributed by atoms with Crippen LogP contribution in [0.4, 0.5) is 14.5 Å². The minimum Gasteiger partial charge on any atom is -0.433 e. The molecule has 0 aromatic heterocycles. The Morgan fingerprint density at radius 3 is 2.75 bits per heavy atom. The zero-order valence-corrected chi connectivity index (χ0v) is 10.8. The third-order valence-corrected chi connectivity index (χ3v) is 3.05. The third kappa shape index (κ3) is 3.80. The number of hydrogen-bond donors (Lipinski definition) is 2. The van der Waals surface area contributed by atoms with Crippen LogP contribution in [-0.2, 0) is 4.74 Å². The van der Waals surface area contributed by atoms with Crippen molar-refractivity contribution < 1.29 is 23.0 Å². The molecule has 20 heavy (non-hydrogen) atoms. The number of halogens is 2. The van der Waals surface area contributed by atoms with E-state index in [-0.39, 0.29) is 28.9 Å². The lowest BCUT2D eigenvalue weighted by Gasteiger charge is -2.23. The largest absolute Gasteiger partial charge is 0.433 e. The predicted molar refractivity (Wildman–Crippen MR) is 68.8 cm³/mol. The highest BCUT2D eigenvalue weighted by Crippen LogP contribution is 2.24. The summed E-state index contributed by atoms with van der Waals surface area (Å²) in [4.78, 5) is 12.0. The monoisotopic (exact) mass is 286 g/mol. The van der Waals surface area contributed by atoms with Gasteiger partial charge in [-0.1, -0.05) is 0 Å². The molecule has 0 aliphatic carbocycles. The van der Waals surface area contributed by atoms with Crippen molar-refractivity contribution in [2.75, 3.05) is 18.9 Å². The Morgan fingerprint density at radius 2 is 2.10 bits per heavy atom. The third-order valence-electron chi connectivity index (χ3n) is 3.05. The molecule has 3 N–H and O–H groups in total. The topological polar surface area (TPSA) is 73.6 Å². The Labute approximate surface area is 115 Å². The number of amides is 1. The van der Waals surface area contributed by atoms with Crippen LogP contribution in [-0.4, -0.2) is 31.8 Å². The lowest BCUT2D eigenvalue weighted by atomic mass is 10.1. The normalized spacial score (nSPS) is 16.1. The maximum absolute atomic E-state index is 12.2. The molecule has 1 amide bonds. The first kappa shape index (κ1) is 14.5. The molecule has 7 heteroatoms. The summed E-state index contributed by atoms with van der Waals surface area (Å²) in [6.07, 6.45) is 1.47. The van der Waals surface area contributed by atoms with E-state index in [0.29, 0.717) is 13.2 Å². The number of nitrogen functional groups attached to an aromatic ring is 1. The van der Waals surface area contributed by atoms with Gasteiger partial charge in [0.15, 0.2) is 0 Å². The van der Waals surface area contributed by atoms with Gasteiger partial charge < -0.3 is 20.5 Å². The van der Waals surface area contributed by atoms with Crippen molar-refractivity contribution in [1.82, 2.24) is 5.32 Å². The Bertz CT molecular complexity index is 477. The average Bonchev–Trinajstić information content (AvgIpc) is 2.42. The first-order valence-electron chi connectivity index (χ1n) is 6.29. The van der Waals surface area contributed by atoms with E-state index in [1.165, 1.54) is 18.2 Å². The number of benzene rings is 1. The fraction of sp³-hybridized carbons (Fsp3) is 0.462. The fourth-order valence-electron chi connectivity index (χ4n) is 1.98. The standard InChI is InChI=1S/C13H16F2N2O3/c14-13(15)20-11-7-8(1-2-10(11)16)12(18)17-9-3-5-19-6-4-9/h1-2,7,9,13H,3-6,16H2,(H,17,18). The van der Waals surface area contributed by atoms with Crippen molar-refractivity contribution in [1.29, 1.82) is 0 Å². The van der Waals surface area contributed by atoms with E-state index in [4.69, 9.17) is 10.5 Å². The van der Waals surface area contributed by atoms with Crippen molar-refractivity contribution in [3.05, 3.63) is 23.8 Å². The summed E-state index contributed by atoms with van der Waals surface area (Å²) in [5.74, 6) is -0.532. The van der Waals surface area contributed by atoms with Gasteiger partial charge in [-0.25, -0.2) is 0 Å². The Balaban J connectivity index is 2.05. The molecule has 0 saturated carbocycles. The van der Waals surface area contributed by atoms with Crippen LogP contribution in [0.5, 0.6) is 5.75 Å². The first-order chi connectivity index (χ1) is 9.56. The molecule has 0 bridgehead atoms. The molecule has 1 heterocycles. The molecule has 0 spiro atoms. The van der Waals surface area contributed by atoms with Crippen LogP contribution in [0.2, 0.25) is 0 Å². The zero-order chi connectivity index (χ0) is 14.5. The lowest BCUT2D eigenvalue weighted by Crippen LogP contribution is -2.38. The summed E-state index contributed by atoms with van der Waals surface area (Å²) in [5.41, 5.74) is 5.82. The number of alkyl halides is 2. The van der Waals surface area contributed by atoms with Crippen LogP contribution in [0.15, 0.2) is 18.2 Å². The van der Waals surface area contributed by atoms with E-state index in [1.807, 2.05) is 0 Å². The maximum atomic E-state index is 12.2. The predicted octanol–water partition coefficient (Wildman–Crippen LogP) is 1.78. The summed E-state index contributed by atoms with van der Waals surface area (Å²) >= 11 is 0. The van der Waals surface area contributed by atoms with Crippen LogP contribution >= 0.6 is 0 Å². The van der Waals surface area contributed by atoms with Gasteiger partial charge in [0.05, 0.1) is 5.69 Å². The van der Waals surface area contributed by atoms with Gasteiger partial charge in [0.1, 0.15) is 5.75 Å². The number of rotatable bonds is 4. The van der Waals surface area contributed by atoms with E-state index in [1.54, 1.807) is 0 Å². The number of carbonyl (C=O) groups excluding carboxylic acids is 1. The second kappa shape index (κ2) is 6.51. The quantitative estimate of drug-likeness (QED) is 0.827. The van der Waals surface area contributed by atoms with Crippen LogP contribution in [0.25, 0.3) is 0 Å². The van der Waals surface area contributed by atoms with Crippen molar-refractivity contribution in [3.63, 3.8) is 0 Å². The zero-order valence-electron chi connectivity index (χ0n) is 10.8. The summed E-state index contributed by atoms with van der Waals surface area (Å²) in [7, 11) is 0. The van der Waals surface area contributed by atoms with Gasteiger partial charge in [-0.3, -0.25) is 4.79 Å². The van der Waals surface area contributed by atoms with E-state index in [9.17, 15) is 13.6 Å². The van der Waals surface area contributed by atoms with Crippen LogP contribution in [0.3, 0.4) is 0 Å². The second-order valence-corrected chi connectivity index (χ2v) is 4.49. The molecule has 1 aliphatic heterocycles. The van der Waals surface area contributed by atoms with Crippen molar-refractivity contribution in [3.8, 4) is 5.75 Å². The molecular weight excluding hydrogens is 270 g/mol. The van der Waals surface area contributed by atoms with Gasteiger partial charge in [0.2, 0.25) is 0 Å². The molecule has 0 unspecified atom stereocenters. The summed E-state index contributed by atoms with van der Waals surface area (Å²) < 4.78 is 33.9. The molecule has 5 nitrogen and oxygen atoms in total. The van der Waals surface area contributed by atoms with Gasteiger partial charge in [-0.15, -0.1) is 0 Å². The Morgan fingerprint density at radius 1 is 1.40 bits per heavy atom. The second-order valence-electron chi connectivity index (χ2n) is 4.49. The summed E-state index contributed by atoms with van der Waals surface area (Å²) in [6, 6.07) is 4.10. The van der Waals surface area contributed by atoms with Crippen molar-refractivity contribution >= 4 is 11.6 Å². The molecule has 0 atom stereocenters. The van der Waals surface area contributed by atoms with Gasteiger partial charge in [-0.2, -0.15) is 8.78 Å². The number of carbonyl (C=O) groups is 1. The van der Waals surface area contributed by atoms with Crippen LogP contribution in [0, 0.1) is 0 Å². The minimum atomic E-state index is -2.98. The van der Waals surface area contributed by atoms with Crippen LogP contribution < -0.4 is 15.8 Å². The van der Waals surface area contributed by atoms with Crippen LogP contribution in [0.1, 0.15) is 23.2 Å². The average molecular weight is 286 g/mol. The number of hydrogen-bond acceptors (Lipinski definition) is 4. The van der Waals surface area contributed by atoms with Crippen molar-refractivity contribution in [2.24, 2.45) is 0 Å². The highest BCUT2D eigenvalue weighted by atomic mass is 19.3. The molecule has 2 rings (SSSR count). The van der Waals surface area contributed by atoms with Crippen molar-refractivity contribution in [2.45, 2.75) is 25.5 Å². The van der Waals surface area contributed by atoms with E-state index < -0.39 is 6.61 Å². The number of ether oxygens (including phenoxy) is 2. The van der Waals surface area contributed by atoms with E-state index >= 15 is 0 Å². The minimum absolute atomic E-state index is 0.0354. The summed E-state index contributed by atoms with van der Waals surface area (Å²) in [6.45, 7) is -1.77. The molecule has 110 valence electrons. The highest BCUT2D eigenvalue weighted by molar-refractivity contribution is 5.95. The Hall–Kier alpha value is -1.89. The molecule has 1 aromatic carbocycles. The molecule has 1 fully saturated rings. The van der Waals surface area contributed by atoms with Gasteiger partial charge >= 0.3 is 6.61 Å². The summed E-state index contributed by atoms with van der Waals surface area (Å²) in [5, 5.41) is 2.83. The molecule has 0 radical (unpaired) electrons. The van der Waals surface area contributed by atoms with E-state index in [0.717, 1.165) is 12.8 Å².